The first-order chi connectivity index (χ1) is 6.68. The van der Waals surface area contributed by atoms with E-state index >= 15 is 0 Å². The van der Waals surface area contributed by atoms with Gasteiger partial charge in [-0.05, 0) is 13.3 Å². The number of hydrogen-bond acceptors (Lipinski definition) is 3. The fourth-order valence-corrected chi connectivity index (χ4v) is 1.84. The monoisotopic (exact) mass is 214 g/mol. The molecule has 1 amide bonds. The number of halogens is 1. The third-order valence-electron chi connectivity index (χ3n) is 2.40. The van der Waals surface area contributed by atoms with Gasteiger partial charge in [0, 0.05) is 13.1 Å². The molecule has 2 rings (SSSR count). The molecule has 1 fully saturated rings. The lowest BCUT2D eigenvalue weighted by atomic mass is 10.2. The molecular weight excluding hydrogens is 204 g/mol. The SMILES string of the molecule is Cc1oncc1C(=O)N1CCC(Cl)C1. The van der Waals surface area contributed by atoms with Gasteiger partial charge in [0.15, 0.2) is 0 Å². The van der Waals surface area contributed by atoms with Gasteiger partial charge in [0.2, 0.25) is 0 Å². The quantitative estimate of drug-likeness (QED) is 0.665. The minimum atomic E-state index is -0.0353. The molecule has 1 atom stereocenters. The van der Waals surface area contributed by atoms with Crippen molar-refractivity contribution in [3.05, 3.63) is 17.5 Å². The molecule has 1 aromatic heterocycles. The van der Waals surface area contributed by atoms with E-state index in [0.29, 0.717) is 17.9 Å². The summed E-state index contributed by atoms with van der Waals surface area (Å²) in [6.45, 7) is 3.07. The van der Waals surface area contributed by atoms with E-state index in [2.05, 4.69) is 5.16 Å². The van der Waals surface area contributed by atoms with Gasteiger partial charge in [-0.1, -0.05) is 5.16 Å². The van der Waals surface area contributed by atoms with Crippen molar-refractivity contribution < 1.29 is 9.32 Å². The molecule has 1 saturated heterocycles. The molecule has 5 heteroatoms. The molecule has 2 heterocycles. The number of hydrogen-bond donors (Lipinski definition) is 0. The highest BCUT2D eigenvalue weighted by atomic mass is 35.5. The number of likely N-dealkylation sites (tertiary alicyclic amines) is 1. The Morgan fingerprint density at radius 3 is 3.07 bits per heavy atom. The number of aryl methyl sites for hydroxylation is 1. The standard InChI is InChI=1S/C9H11ClN2O2/c1-6-8(4-11-14-6)9(13)12-3-2-7(10)5-12/h4,7H,2-3,5H2,1H3. The van der Waals surface area contributed by atoms with Gasteiger partial charge in [-0.25, -0.2) is 0 Å². The van der Waals surface area contributed by atoms with Gasteiger partial charge in [-0.15, -0.1) is 11.6 Å². The van der Waals surface area contributed by atoms with Crippen molar-refractivity contribution in [2.24, 2.45) is 0 Å². The Balaban J connectivity index is 2.13. The number of alkyl halides is 1. The Labute approximate surface area is 86.8 Å². The van der Waals surface area contributed by atoms with E-state index in [1.54, 1.807) is 11.8 Å². The summed E-state index contributed by atoms with van der Waals surface area (Å²) in [6.07, 6.45) is 2.32. The van der Waals surface area contributed by atoms with E-state index in [0.717, 1.165) is 13.0 Å². The van der Waals surface area contributed by atoms with Crippen molar-refractivity contribution in [1.82, 2.24) is 10.1 Å². The van der Waals surface area contributed by atoms with Gasteiger partial charge >= 0.3 is 0 Å². The maximum atomic E-state index is 11.8. The van der Waals surface area contributed by atoms with Gasteiger partial charge in [-0.2, -0.15) is 0 Å². The van der Waals surface area contributed by atoms with Crippen LogP contribution in [0.4, 0.5) is 0 Å². The molecular formula is C9H11ClN2O2. The Hall–Kier alpha value is -1.03. The van der Waals surface area contributed by atoms with Crippen molar-refractivity contribution in [1.29, 1.82) is 0 Å². The predicted octanol–water partition coefficient (Wildman–Crippen LogP) is 1.44. The van der Waals surface area contributed by atoms with Gasteiger partial charge in [-0.3, -0.25) is 4.79 Å². The Kier molecular flexibility index (Phi) is 2.46. The molecule has 0 saturated carbocycles. The van der Waals surface area contributed by atoms with Crippen LogP contribution in [0.15, 0.2) is 10.7 Å². The maximum absolute atomic E-state index is 11.8. The molecule has 1 aliphatic heterocycles. The second kappa shape index (κ2) is 3.61. The van der Waals surface area contributed by atoms with Crippen LogP contribution < -0.4 is 0 Å². The average Bonchev–Trinajstić information content (AvgIpc) is 2.73. The minimum Gasteiger partial charge on any atom is -0.361 e. The first-order valence-electron chi connectivity index (χ1n) is 4.53. The summed E-state index contributed by atoms with van der Waals surface area (Å²) in [4.78, 5) is 13.6. The fraction of sp³-hybridized carbons (Fsp3) is 0.556. The molecule has 0 bridgehead atoms. The van der Waals surface area contributed by atoms with Crippen molar-refractivity contribution in [2.75, 3.05) is 13.1 Å². The molecule has 0 radical (unpaired) electrons. The van der Waals surface area contributed by atoms with Crippen LogP contribution in [0.5, 0.6) is 0 Å². The average molecular weight is 215 g/mol. The molecule has 0 spiro atoms. The predicted molar refractivity (Wildman–Crippen MR) is 51.4 cm³/mol. The normalized spacial score (nSPS) is 21.6. The highest BCUT2D eigenvalue weighted by Gasteiger charge is 2.27. The van der Waals surface area contributed by atoms with Crippen LogP contribution in [0.1, 0.15) is 22.5 Å². The molecule has 4 nitrogen and oxygen atoms in total. The summed E-state index contributed by atoms with van der Waals surface area (Å²) in [5, 5.41) is 3.66. The number of nitrogens with zero attached hydrogens (tertiary/aromatic N) is 2. The highest BCUT2D eigenvalue weighted by molar-refractivity contribution is 6.21. The Morgan fingerprint density at radius 1 is 1.79 bits per heavy atom. The number of rotatable bonds is 1. The van der Waals surface area contributed by atoms with Gasteiger partial charge in [0.25, 0.3) is 5.91 Å². The van der Waals surface area contributed by atoms with Gasteiger partial charge in [0.1, 0.15) is 11.3 Å². The van der Waals surface area contributed by atoms with E-state index < -0.39 is 0 Å². The van der Waals surface area contributed by atoms with Crippen LogP contribution in [-0.2, 0) is 0 Å². The molecule has 0 aromatic carbocycles. The second-order valence-electron chi connectivity index (χ2n) is 3.43. The summed E-state index contributed by atoms with van der Waals surface area (Å²) in [5.41, 5.74) is 0.538. The van der Waals surface area contributed by atoms with Crippen LogP contribution in [-0.4, -0.2) is 34.4 Å². The summed E-state index contributed by atoms with van der Waals surface area (Å²) in [7, 11) is 0. The summed E-state index contributed by atoms with van der Waals surface area (Å²) < 4.78 is 4.84. The van der Waals surface area contributed by atoms with Crippen molar-refractivity contribution >= 4 is 17.5 Å². The van der Waals surface area contributed by atoms with Crippen LogP contribution in [0, 0.1) is 6.92 Å². The van der Waals surface area contributed by atoms with E-state index in [9.17, 15) is 4.79 Å². The van der Waals surface area contributed by atoms with E-state index in [4.69, 9.17) is 16.1 Å². The van der Waals surface area contributed by atoms with E-state index in [1.165, 1.54) is 6.20 Å². The lowest BCUT2D eigenvalue weighted by Gasteiger charge is -2.13. The summed E-state index contributed by atoms with van der Waals surface area (Å²) in [6, 6.07) is 0. The lowest BCUT2D eigenvalue weighted by molar-refractivity contribution is 0.0791. The molecule has 1 aliphatic rings. The summed E-state index contributed by atoms with van der Waals surface area (Å²) >= 11 is 5.92. The zero-order valence-electron chi connectivity index (χ0n) is 7.86. The second-order valence-corrected chi connectivity index (χ2v) is 4.05. The topological polar surface area (TPSA) is 46.3 Å². The molecule has 76 valence electrons. The number of aromatic nitrogens is 1. The van der Waals surface area contributed by atoms with Crippen molar-refractivity contribution in [2.45, 2.75) is 18.7 Å². The third-order valence-corrected chi connectivity index (χ3v) is 2.76. The van der Waals surface area contributed by atoms with E-state index in [-0.39, 0.29) is 11.3 Å². The maximum Gasteiger partial charge on any atom is 0.259 e. The van der Waals surface area contributed by atoms with Gasteiger partial charge < -0.3 is 9.42 Å². The third kappa shape index (κ3) is 1.62. The summed E-state index contributed by atoms with van der Waals surface area (Å²) in [5.74, 6) is 0.528. The number of amides is 1. The first-order valence-corrected chi connectivity index (χ1v) is 4.96. The zero-order chi connectivity index (χ0) is 10.1. The Morgan fingerprint density at radius 2 is 2.57 bits per heavy atom. The van der Waals surface area contributed by atoms with E-state index in [1.807, 2.05) is 0 Å². The van der Waals surface area contributed by atoms with Gasteiger partial charge in [0.05, 0.1) is 11.6 Å². The van der Waals surface area contributed by atoms with Crippen molar-refractivity contribution in [3.63, 3.8) is 0 Å². The van der Waals surface area contributed by atoms with Crippen LogP contribution in [0.2, 0.25) is 0 Å². The molecule has 0 aliphatic carbocycles. The number of carbonyl (C=O) groups excluding carboxylic acids is 1. The Bertz CT molecular complexity index is 350. The minimum absolute atomic E-state index is 0.0353. The first kappa shape index (κ1) is 9.52. The molecule has 1 aromatic rings. The molecule has 1 unspecified atom stereocenters. The van der Waals surface area contributed by atoms with Crippen LogP contribution in [0.25, 0.3) is 0 Å². The van der Waals surface area contributed by atoms with Crippen LogP contribution >= 0.6 is 11.6 Å². The largest absolute Gasteiger partial charge is 0.361 e. The lowest BCUT2D eigenvalue weighted by Crippen LogP contribution is -2.28. The van der Waals surface area contributed by atoms with Crippen molar-refractivity contribution in [3.8, 4) is 0 Å². The highest BCUT2D eigenvalue weighted by Crippen LogP contribution is 2.18. The van der Waals surface area contributed by atoms with Crippen LogP contribution in [0.3, 0.4) is 0 Å². The molecule has 14 heavy (non-hydrogen) atoms. The zero-order valence-corrected chi connectivity index (χ0v) is 8.62. The fourth-order valence-electron chi connectivity index (χ4n) is 1.58. The molecule has 0 N–H and O–H groups in total. The number of carbonyl (C=O) groups is 1. The smallest absolute Gasteiger partial charge is 0.259 e.